The van der Waals surface area contributed by atoms with E-state index in [-0.39, 0.29) is 5.57 Å². The summed E-state index contributed by atoms with van der Waals surface area (Å²) in [5, 5.41) is 53.2. The first-order valence-corrected chi connectivity index (χ1v) is 12.4. The highest BCUT2D eigenvalue weighted by molar-refractivity contribution is 5.87. The number of carboxylic acids is 1. The summed E-state index contributed by atoms with van der Waals surface area (Å²) in [4.78, 5) is 17.8. The van der Waals surface area contributed by atoms with Gasteiger partial charge in [-0.2, -0.15) is 0 Å². The number of aliphatic hydroxyl groups is 4. The normalized spacial score (nSPS) is 33.2. The molecule has 0 saturated carbocycles. The number of para-hydroxylation sites is 1. The molecule has 3 aliphatic heterocycles. The van der Waals surface area contributed by atoms with Crippen LogP contribution in [-0.4, -0.2) is 98.6 Å². The van der Waals surface area contributed by atoms with Gasteiger partial charge in [-0.25, -0.2) is 4.79 Å². The van der Waals surface area contributed by atoms with Crippen LogP contribution in [0.15, 0.2) is 48.8 Å². The second-order valence-corrected chi connectivity index (χ2v) is 9.83. The minimum atomic E-state index is -1.63. The SMILES string of the molecule is C=C[C@H]1[C@H](O[C@H]2O[C@H](CO)[C@H](O)[C@@H](O)[C@H]2O)OC=C(C(=O)O)[C@H]1CC1=c2[nH]c3ccccc3c2=CCN1C. The van der Waals surface area contributed by atoms with Crippen molar-refractivity contribution in [1.29, 1.82) is 0 Å². The molecule has 0 amide bonds. The molecule has 1 fully saturated rings. The van der Waals surface area contributed by atoms with Crippen molar-refractivity contribution in [2.24, 2.45) is 11.8 Å². The van der Waals surface area contributed by atoms with E-state index in [4.69, 9.17) is 14.2 Å². The van der Waals surface area contributed by atoms with Crippen molar-refractivity contribution in [1.82, 2.24) is 9.88 Å². The van der Waals surface area contributed by atoms with E-state index < -0.39 is 61.4 Å². The summed E-state index contributed by atoms with van der Waals surface area (Å²) in [5.74, 6) is -2.45. The molecule has 38 heavy (non-hydrogen) atoms. The van der Waals surface area contributed by atoms with Gasteiger partial charge in [0, 0.05) is 47.2 Å². The molecule has 5 rings (SSSR count). The fourth-order valence-electron chi connectivity index (χ4n) is 5.48. The molecule has 3 aliphatic rings. The van der Waals surface area contributed by atoms with Gasteiger partial charge in [0.05, 0.1) is 23.8 Å². The van der Waals surface area contributed by atoms with Crippen molar-refractivity contribution in [3.8, 4) is 0 Å². The van der Waals surface area contributed by atoms with Crippen molar-refractivity contribution in [3.05, 3.63) is 59.3 Å². The summed E-state index contributed by atoms with van der Waals surface area (Å²) in [6.45, 7) is 3.92. The maximum absolute atomic E-state index is 12.2. The molecule has 2 aromatic rings. The van der Waals surface area contributed by atoms with Crippen molar-refractivity contribution in [2.75, 3.05) is 20.2 Å². The van der Waals surface area contributed by atoms with Crippen LogP contribution in [0.5, 0.6) is 0 Å². The number of aromatic nitrogens is 1. The number of aliphatic carboxylic acids is 1. The number of nitrogens with one attached hydrogen (secondary N) is 1. The Labute approximate surface area is 218 Å². The van der Waals surface area contributed by atoms with Crippen molar-refractivity contribution >= 4 is 28.6 Å². The second kappa shape index (κ2) is 10.5. The molecule has 0 aliphatic carbocycles. The van der Waals surface area contributed by atoms with Gasteiger partial charge in [0.2, 0.25) is 6.29 Å². The van der Waals surface area contributed by atoms with Crippen LogP contribution < -0.4 is 10.6 Å². The molecule has 1 aromatic heterocycles. The van der Waals surface area contributed by atoms with E-state index in [1.807, 2.05) is 31.3 Å². The second-order valence-electron chi connectivity index (χ2n) is 9.83. The fourth-order valence-corrected chi connectivity index (χ4v) is 5.48. The number of aliphatic hydroxyl groups excluding tert-OH is 4. The van der Waals surface area contributed by atoms with E-state index in [2.05, 4.69) is 22.5 Å². The number of H-pyrrole nitrogens is 1. The van der Waals surface area contributed by atoms with Crippen LogP contribution >= 0.6 is 0 Å². The van der Waals surface area contributed by atoms with E-state index >= 15 is 0 Å². The van der Waals surface area contributed by atoms with Gasteiger partial charge in [-0.05, 0) is 12.5 Å². The first-order valence-electron chi connectivity index (χ1n) is 12.4. The van der Waals surface area contributed by atoms with Crippen LogP contribution in [0.4, 0.5) is 0 Å². The van der Waals surface area contributed by atoms with Crippen LogP contribution in [0, 0.1) is 11.8 Å². The lowest BCUT2D eigenvalue weighted by Crippen LogP contribution is -2.60. The number of fused-ring (bicyclic) bond motifs is 3. The zero-order chi connectivity index (χ0) is 27.1. The maximum Gasteiger partial charge on any atom is 0.335 e. The van der Waals surface area contributed by atoms with Crippen LogP contribution in [0.2, 0.25) is 0 Å². The number of aromatic amines is 1. The molecular formula is C27H32N2O9. The molecule has 4 heterocycles. The number of hydrogen-bond acceptors (Lipinski definition) is 9. The van der Waals surface area contributed by atoms with E-state index in [1.54, 1.807) is 0 Å². The van der Waals surface area contributed by atoms with Crippen LogP contribution in [0.1, 0.15) is 6.42 Å². The summed E-state index contributed by atoms with van der Waals surface area (Å²) in [7, 11) is 1.94. The Bertz CT molecular complexity index is 1370. The average molecular weight is 529 g/mol. The third-order valence-electron chi connectivity index (χ3n) is 7.62. The largest absolute Gasteiger partial charge is 0.478 e. The third kappa shape index (κ3) is 4.51. The van der Waals surface area contributed by atoms with E-state index in [1.165, 1.54) is 6.08 Å². The molecule has 204 valence electrons. The molecule has 1 saturated heterocycles. The number of nitrogens with zero attached hydrogens (tertiary/aromatic N) is 1. The number of ether oxygens (including phenoxy) is 3. The molecule has 0 radical (unpaired) electrons. The highest BCUT2D eigenvalue weighted by atomic mass is 16.8. The summed E-state index contributed by atoms with van der Waals surface area (Å²) in [5.41, 5.74) is 1.93. The Balaban J connectivity index is 1.50. The van der Waals surface area contributed by atoms with Crippen LogP contribution in [-0.2, 0) is 19.0 Å². The van der Waals surface area contributed by atoms with E-state index in [0.717, 1.165) is 33.4 Å². The average Bonchev–Trinajstić information content (AvgIpc) is 3.29. The Kier molecular flexibility index (Phi) is 7.32. The van der Waals surface area contributed by atoms with Gasteiger partial charge in [-0.15, -0.1) is 6.58 Å². The monoisotopic (exact) mass is 528 g/mol. The lowest BCUT2D eigenvalue weighted by atomic mass is 9.80. The Hall–Kier alpha value is -3.19. The van der Waals surface area contributed by atoms with Gasteiger partial charge in [-0.3, -0.25) is 0 Å². The number of benzene rings is 1. The van der Waals surface area contributed by atoms with Gasteiger partial charge >= 0.3 is 5.97 Å². The first kappa shape index (κ1) is 26.4. The Morgan fingerprint density at radius 3 is 2.68 bits per heavy atom. The van der Waals surface area contributed by atoms with Gasteiger partial charge in [0.15, 0.2) is 6.29 Å². The molecule has 8 atom stereocenters. The van der Waals surface area contributed by atoms with Gasteiger partial charge < -0.3 is 49.6 Å². The Morgan fingerprint density at radius 2 is 1.97 bits per heavy atom. The standard InChI is InChI=1S/C27H32N2O9/c1-3-13-16(10-19-21-15(8-9-29(19)2)14-6-4-5-7-18(14)28-21)17(25(34)35)12-36-26(13)38-27-24(33)23(32)22(31)20(11-30)37-27/h3-8,12-13,16,20,22-24,26-28,30-33H,1,9-11H2,2H3,(H,34,35)/t13-,16+,20-,22+,23-,24-,26+,27-/m1/s1. The summed E-state index contributed by atoms with van der Waals surface area (Å²) in [6, 6.07) is 7.96. The van der Waals surface area contributed by atoms with Crippen LogP contribution in [0.25, 0.3) is 22.7 Å². The molecule has 1 aromatic carbocycles. The number of carbonyl (C=O) groups is 1. The quantitative estimate of drug-likeness (QED) is 0.244. The zero-order valence-corrected chi connectivity index (χ0v) is 20.8. The smallest absolute Gasteiger partial charge is 0.335 e. The number of hydrogen-bond donors (Lipinski definition) is 6. The van der Waals surface area contributed by atoms with Gasteiger partial charge in [0.1, 0.15) is 24.4 Å². The highest BCUT2D eigenvalue weighted by Crippen LogP contribution is 2.38. The van der Waals surface area contributed by atoms with Crippen molar-refractivity contribution < 1.29 is 44.5 Å². The molecule has 6 N–H and O–H groups in total. The maximum atomic E-state index is 12.2. The summed E-state index contributed by atoms with van der Waals surface area (Å²) < 4.78 is 17.0. The minimum absolute atomic E-state index is 0.0386. The first-order chi connectivity index (χ1) is 18.2. The van der Waals surface area contributed by atoms with Crippen molar-refractivity contribution in [3.63, 3.8) is 0 Å². The number of carboxylic acid groups (broad SMARTS) is 1. The molecule has 0 bridgehead atoms. The molecule has 0 unspecified atom stereocenters. The fraction of sp³-hybridized carbons (Fsp3) is 0.444. The predicted molar refractivity (Wildman–Crippen MR) is 135 cm³/mol. The highest BCUT2D eigenvalue weighted by Gasteiger charge is 2.47. The van der Waals surface area contributed by atoms with Gasteiger partial charge in [0.25, 0.3) is 0 Å². The van der Waals surface area contributed by atoms with Crippen molar-refractivity contribution in [2.45, 2.75) is 43.4 Å². The summed E-state index contributed by atoms with van der Waals surface area (Å²) >= 11 is 0. The molecule has 11 heteroatoms. The topological polar surface area (TPSA) is 165 Å². The molecular weight excluding hydrogens is 496 g/mol. The van der Waals surface area contributed by atoms with Gasteiger partial charge in [-0.1, -0.05) is 30.4 Å². The summed E-state index contributed by atoms with van der Waals surface area (Å²) in [6.07, 6.45) is -3.40. The van der Waals surface area contributed by atoms with Crippen LogP contribution in [0.3, 0.4) is 0 Å². The van der Waals surface area contributed by atoms with E-state index in [0.29, 0.717) is 13.0 Å². The molecule has 0 spiro atoms. The third-order valence-corrected chi connectivity index (χ3v) is 7.62. The lowest BCUT2D eigenvalue weighted by molar-refractivity contribution is -0.339. The Morgan fingerprint density at radius 1 is 1.21 bits per heavy atom. The number of rotatable bonds is 7. The minimum Gasteiger partial charge on any atom is -0.478 e. The lowest BCUT2D eigenvalue weighted by Gasteiger charge is -2.43. The van der Waals surface area contributed by atoms with E-state index in [9.17, 15) is 30.3 Å². The predicted octanol–water partition coefficient (Wildman–Crippen LogP) is -1.05. The molecule has 11 nitrogen and oxygen atoms in total. The zero-order valence-electron chi connectivity index (χ0n) is 20.8.